The van der Waals surface area contributed by atoms with Crippen molar-refractivity contribution in [1.82, 2.24) is 5.32 Å². The Hall–Kier alpha value is -0.610. The molecule has 0 saturated carbocycles. The molecule has 0 aromatic rings. The Labute approximate surface area is 110 Å². The second-order valence-corrected chi connectivity index (χ2v) is 5.67. The molecule has 0 aromatic carbocycles. The summed E-state index contributed by atoms with van der Waals surface area (Å²) < 4.78 is 5.32. The predicted octanol–water partition coefficient (Wildman–Crippen LogP) is 1.57. The van der Waals surface area contributed by atoms with Crippen molar-refractivity contribution >= 4 is 5.91 Å². The zero-order valence-corrected chi connectivity index (χ0v) is 11.7. The smallest absolute Gasteiger partial charge is 0.225 e. The summed E-state index contributed by atoms with van der Waals surface area (Å²) in [5.74, 6) is 1.11. The van der Waals surface area contributed by atoms with Crippen molar-refractivity contribution in [3.63, 3.8) is 0 Å². The average Bonchev–Trinajstić information content (AvgIpc) is 2.36. The molecule has 0 radical (unpaired) electrons. The lowest BCUT2D eigenvalue weighted by molar-refractivity contribution is -0.129. The molecule has 0 aliphatic carbocycles. The predicted molar refractivity (Wildman–Crippen MR) is 71.2 cm³/mol. The fraction of sp³-hybridized carbons (Fsp3) is 0.929. The summed E-state index contributed by atoms with van der Waals surface area (Å²) in [6.07, 6.45) is 3.71. The highest BCUT2D eigenvalue weighted by molar-refractivity contribution is 5.78. The van der Waals surface area contributed by atoms with Gasteiger partial charge in [-0.15, -0.1) is 0 Å². The van der Waals surface area contributed by atoms with Gasteiger partial charge in [0.2, 0.25) is 5.91 Å². The fourth-order valence-electron chi connectivity index (χ4n) is 2.49. The molecule has 4 heteroatoms. The van der Waals surface area contributed by atoms with E-state index in [1.165, 1.54) is 0 Å². The van der Waals surface area contributed by atoms with Gasteiger partial charge in [-0.05, 0) is 37.5 Å². The number of carbonyl (C=O) groups excluding carboxylic acids is 1. The van der Waals surface area contributed by atoms with Gasteiger partial charge in [-0.25, -0.2) is 0 Å². The van der Waals surface area contributed by atoms with Crippen molar-refractivity contribution in [2.75, 3.05) is 26.4 Å². The Morgan fingerprint density at radius 1 is 1.50 bits per heavy atom. The number of aliphatic hydroxyl groups is 1. The first-order valence-electron chi connectivity index (χ1n) is 7.09. The van der Waals surface area contributed by atoms with Crippen LogP contribution in [-0.4, -0.2) is 37.4 Å². The second-order valence-electron chi connectivity index (χ2n) is 5.67. The molecule has 1 saturated heterocycles. The largest absolute Gasteiger partial charge is 0.396 e. The Morgan fingerprint density at radius 2 is 2.28 bits per heavy atom. The van der Waals surface area contributed by atoms with E-state index in [9.17, 15) is 4.79 Å². The number of aliphatic hydroxyl groups excluding tert-OH is 1. The van der Waals surface area contributed by atoms with Gasteiger partial charge in [0.1, 0.15) is 0 Å². The summed E-state index contributed by atoms with van der Waals surface area (Å²) in [6, 6.07) is 0. The lowest BCUT2D eigenvalue weighted by atomic mass is 9.94. The van der Waals surface area contributed by atoms with Gasteiger partial charge in [-0.3, -0.25) is 4.79 Å². The standard InChI is InChI=1S/C14H27NO3/c1-11(2)8-12(5-6-16)9-15-14(17)13-4-3-7-18-10-13/h11-13,16H,3-10H2,1-2H3,(H,15,17). The minimum Gasteiger partial charge on any atom is -0.396 e. The molecule has 1 heterocycles. The first-order chi connectivity index (χ1) is 8.63. The summed E-state index contributed by atoms with van der Waals surface area (Å²) in [5.41, 5.74) is 0. The van der Waals surface area contributed by atoms with Crippen molar-refractivity contribution in [2.24, 2.45) is 17.8 Å². The average molecular weight is 257 g/mol. The zero-order chi connectivity index (χ0) is 13.4. The third-order valence-corrected chi connectivity index (χ3v) is 3.44. The van der Waals surface area contributed by atoms with Crippen LogP contribution in [0.2, 0.25) is 0 Å². The third kappa shape index (κ3) is 5.83. The molecule has 2 N–H and O–H groups in total. The Balaban J connectivity index is 2.28. The van der Waals surface area contributed by atoms with E-state index in [4.69, 9.17) is 9.84 Å². The van der Waals surface area contributed by atoms with E-state index in [0.29, 0.717) is 25.0 Å². The topological polar surface area (TPSA) is 58.6 Å². The van der Waals surface area contributed by atoms with Crippen LogP contribution < -0.4 is 5.32 Å². The molecule has 2 unspecified atom stereocenters. The molecule has 0 aromatic heterocycles. The molecule has 0 bridgehead atoms. The lowest BCUT2D eigenvalue weighted by Crippen LogP contribution is -2.38. The van der Waals surface area contributed by atoms with Crippen molar-refractivity contribution in [3.05, 3.63) is 0 Å². The van der Waals surface area contributed by atoms with E-state index in [1.807, 2.05) is 0 Å². The molecule has 1 aliphatic rings. The van der Waals surface area contributed by atoms with Crippen LogP contribution in [0.3, 0.4) is 0 Å². The fourth-order valence-corrected chi connectivity index (χ4v) is 2.49. The molecular formula is C14H27NO3. The molecule has 2 atom stereocenters. The van der Waals surface area contributed by atoms with Crippen molar-refractivity contribution in [1.29, 1.82) is 0 Å². The Morgan fingerprint density at radius 3 is 2.83 bits per heavy atom. The van der Waals surface area contributed by atoms with Crippen molar-refractivity contribution in [3.8, 4) is 0 Å². The van der Waals surface area contributed by atoms with E-state index in [0.717, 1.165) is 32.3 Å². The summed E-state index contributed by atoms with van der Waals surface area (Å²) in [6.45, 7) is 6.54. The molecule has 1 aliphatic heterocycles. The van der Waals surface area contributed by atoms with E-state index < -0.39 is 0 Å². The van der Waals surface area contributed by atoms with Gasteiger partial charge in [0.25, 0.3) is 0 Å². The van der Waals surface area contributed by atoms with Crippen LogP contribution in [0, 0.1) is 17.8 Å². The molecule has 18 heavy (non-hydrogen) atoms. The number of carbonyl (C=O) groups is 1. The lowest BCUT2D eigenvalue weighted by Gasteiger charge is -2.23. The maximum atomic E-state index is 11.9. The quantitative estimate of drug-likeness (QED) is 0.728. The van der Waals surface area contributed by atoms with Crippen LogP contribution in [0.25, 0.3) is 0 Å². The number of ether oxygens (including phenoxy) is 1. The third-order valence-electron chi connectivity index (χ3n) is 3.44. The molecule has 1 amide bonds. The van der Waals surface area contributed by atoms with Gasteiger partial charge >= 0.3 is 0 Å². The number of rotatable bonds is 7. The molecular weight excluding hydrogens is 230 g/mol. The summed E-state index contributed by atoms with van der Waals surface area (Å²) in [5, 5.41) is 12.0. The van der Waals surface area contributed by atoms with E-state index in [1.54, 1.807) is 0 Å². The van der Waals surface area contributed by atoms with E-state index in [-0.39, 0.29) is 18.4 Å². The number of hydrogen-bond acceptors (Lipinski definition) is 3. The van der Waals surface area contributed by atoms with Crippen LogP contribution >= 0.6 is 0 Å². The van der Waals surface area contributed by atoms with Crippen LogP contribution in [0.4, 0.5) is 0 Å². The van der Waals surface area contributed by atoms with Crippen molar-refractivity contribution < 1.29 is 14.6 Å². The Bertz CT molecular complexity index is 237. The van der Waals surface area contributed by atoms with E-state index >= 15 is 0 Å². The first-order valence-corrected chi connectivity index (χ1v) is 7.09. The van der Waals surface area contributed by atoms with Gasteiger partial charge in [0, 0.05) is 19.8 Å². The number of hydrogen-bond donors (Lipinski definition) is 2. The summed E-state index contributed by atoms with van der Waals surface area (Å²) >= 11 is 0. The van der Waals surface area contributed by atoms with Gasteiger partial charge in [-0.1, -0.05) is 13.8 Å². The molecule has 1 rings (SSSR count). The van der Waals surface area contributed by atoms with Crippen LogP contribution in [0.15, 0.2) is 0 Å². The number of amides is 1. The minimum absolute atomic E-state index is 0.0209. The first kappa shape index (κ1) is 15.4. The minimum atomic E-state index is 0.0209. The van der Waals surface area contributed by atoms with Gasteiger partial charge in [-0.2, -0.15) is 0 Å². The van der Waals surface area contributed by atoms with E-state index in [2.05, 4.69) is 19.2 Å². The second kappa shape index (κ2) is 8.48. The van der Waals surface area contributed by atoms with Gasteiger partial charge in [0.05, 0.1) is 12.5 Å². The molecule has 106 valence electrons. The Kier molecular flexibility index (Phi) is 7.28. The van der Waals surface area contributed by atoms with Gasteiger partial charge in [0.15, 0.2) is 0 Å². The summed E-state index contributed by atoms with van der Waals surface area (Å²) in [7, 11) is 0. The SMILES string of the molecule is CC(C)CC(CCO)CNC(=O)C1CCCOC1. The monoisotopic (exact) mass is 257 g/mol. The maximum absolute atomic E-state index is 11.9. The van der Waals surface area contributed by atoms with Crippen molar-refractivity contribution in [2.45, 2.75) is 39.5 Å². The normalized spacial score (nSPS) is 21.9. The summed E-state index contributed by atoms with van der Waals surface area (Å²) in [4.78, 5) is 11.9. The zero-order valence-electron chi connectivity index (χ0n) is 11.7. The highest BCUT2D eigenvalue weighted by Gasteiger charge is 2.22. The molecule has 4 nitrogen and oxygen atoms in total. The van der Waals surface area contributed by atoms with Crippen LogP contribution in [0.1, 0.15) is 39.5 Å². The molecule has 0 spiro atoms. The highest BCUT2D eigenvalue weighted by Crippen LogP contribution is 2.16. The maximum Gasteiger partial charge on any atom is 0.225 e. The highest BCUT2D eigenvalue weighted by atomic mass is 16.5. The van der Waals surface area contributed by atoms with Gasteiger partial charge < -0.3 is 15.2 Å². The number of nitrogens with one attached hydrogen (secondary N) is 1. The molecule has 1 fully saturated rings. The van der Waals surface area contributed by atoms with Crippen LogP contribution in [0.5, 0.6) is 0 Å². The van der Waals surface area contributed by atoms with Crippen LogP contribution in [-0.2, 0) is 9.53 Å².